The molecule has 0 atom stereocenters. The van der Waals surface area contributed by atoms with Crippen molar-refractivity contribution >= 4 is 27.3 Å². The van der Waals surface area contributed by atoms with Gasteiger partial charge in [-0.2, -0.15) is 15.8 Å². The number of allylic oxidation sites excluding steroid dienone is 2. The van der Waals surface area contributed by atoms with Gasteiger partial charge in [-0.15, -0.1) is 0 Å². The number of nitro groups is 1. The predicted octanol–water partition coefficient (Wildman–Crippen LogP) is 2.73. The third-order valence-electron chi connectivity index (χ3n) is 2.08. The third kappa shape index (κ3) is 3.08. The molecule has 98 valence electrons. The first-order valence-electron chi connectivity index (χ1n) is 4.79. The van der Waals surface area contributed by atoms with E-state index in [1.54, 1.807) is 0 Å². The summed E-state index contributed by atoms with van der Waals surface area (Å²) < 4.78 is 13.3. The Balaban J connectivity index is 3.43. The van der Waals surface area contributed by atoms with Gasteiger partial charge in [0.25, 0.3) is 5.69 Å². The molecule has 0 aliphatic heterocycles. The van der Waals surface area contributed by atoms with Crippen LogP contribution in [0.4, 0.5) is 15.8 Å². The monoisotopic (exact) mass is 335 g/mol. The van der Waals surface area contributed by atoms with Gasteiger partial charge in [-0.25, -0.2) is 4.39 Å². The summed E-state index contributed by atoms with van der Waals surface area (Å²) in [5.41, 5.74) is -1.92. The van der Waals surface area contributed by atoms with E-state index in [1.165, 1.54) is 18.2 Å². The molecule has 0 spiro atoms. The summed E-state index contributed by atoms with van der Waals surface area (Å²) in [7, 11) is 0. The maximum Gasteiger partial charge on any atom is 0.294 e. The zero-order chi connectivity index (χ0) is 15.3. The summed E-state index contributed by atoms with van der Waals surface area (Å²) in [5, 5.41) is 39.2. The molecule has 0 amide bonds. The van der Waals surface area contributed by atoms with E-state index in [2.05, 4.69) is 21.2 Å². The standard InChI is InChI=1S/C11H3BrFN5O2/c12-7-1-11(18(19)20)9(2-8(7)13)17-10(5-16)6(3-14)4-15/h1-2,17H. The van der Waals surface area contributed by atoms with E-state index in [9.17, 15) is 14.5 Å². The fourth-order valence-corrected chi connectivity index (χ4v) is 1.54. The van der Waals surface area contributed by atoms with Crippen molar-refractivity contribution in [1.82, 2.24) is 0 Å². The lowest BCUT2D eigenvalue weighted by atomic mass is 10.2. The van der Waals surface area contributed by atoms with Crippen LogP contribution in [0.25, 0.3) is 0 Å². The van der Waals surface area contributed by atoms with Crippen molar-refractivity contribution in [3.05, 3.63) is 43.8 Å². The third-order valence-corrected chi connectivity index (χ3v) is 2.69. The van der Waals surface area contributed by atoms with Crippen molar-refractivity contribution in [3.63, 3.8) is 0 Å². The van der Waals surface area contributed by atoms with Crippen LogP contribution in [0, 0.1) is 49.9 Å². The lowest BCUT2D eigenvalue weighted by Gasteiger charge is -2.06. The van der Waals surface area contributed by atoms with E-state index in [-0.39, 0.29) is 10.2 Å². The van der Waals surface area contributed by atoms with Crippen LogP contribution in [0.3, 0.4) is 0 Å². The van der Waals surface area contributed by atoms with Crippen LogP contribution >= 0.6 is 15.9 Å². The van der Waals surface area contributed by atoms with Crippen LogP contribution in [-0.2, 0) is 0 Å². The molecule has 0 bridgehead atoms. The van der Waals surface area contributed by atoms with Gasteiger partial charge in [-0.05, 0) is 15.9 Å². The Labute approximate surface area is 120 Å². The molecule has 0 heterocycles. The van der Waals surface area contributed by atoms with Gasteiger partial charge >= 0.3 is 0 Å². The van der Waals surface area contributed by atoms with Crippen molar-refractivity contribution in [2.75, 3.05) is 5.32 Å². The first-order valence-corrected chi connectivity index (χ1v) is 5.59. The summed E-state index contributed by atoms with van der Waals surface area (Å²) in [6.07, 6.45) is 0. The largest absolute Gasteiger partial charge is 0.339 e. The van der Waals surface area contributed by atoms with Crippen LogP contribution in [0.5, 0.6) is 0 Å². The van der Waals surface area contributed by atoms with Gasteiger partial charge in [-0.3, -0.25) is 10.1 Å². The van der Waals surface area contributed by atoms with Gasteiger partial charge in [0.05, 0.1) is 9.40 Å². The maximum absolute atomic E-state index is 13.4. The molecule has 0 radical (unpaired) electrons. The summed E-state index contributed by atoms with van der Waals surface area (Å²) >= 11 is 2.80. The summed E-state index contributed by atoms with van der Waals surface area (Å²) in [4.78, 5) is 10.1. The molecule has 1 rings (SSSR count). The molecule has 1 aromatic rings. The number of hydrogen-bond donors (Lipinski definition) is 1. The average molecular weight is 336 g/mol. The molecule has 0 saturated carbocycles. The minimum absolute atomic E-state index is 0.127. The Morgan fingerprint density at radius 2 is 1.90 bits per heavy atom. The molecule has 0 aliphatic rings. The zero-order valence-electron chi connectivity index (χ0n) is 9.52. The highest BCUT2D eigenvalue weighted by Crippen LogP contribution is 2.31. The van der Waals surface area contributed by atoms with Crippen LogP contribution in [0.1, 0.15) is 0 Å². The van der Waals surface area contributed by atoms with Gasteiger partial charge in [0.15, 0.2) is 5.57 Å². The minimum atomic E-state index is -0.800. The number of benzene rings is 1. The topological polar surface area (TPSA) is 127 Å². The number of anilines is 1. The lowest BCUT2D eigenvalue weighted by Crippen LogP contribution is -2.04. The highest BCUT2D eigenvalue weighted by atomic mass is 79.9. The first kappa shape index (κ1) is 15.1. The van der Waals surface area contributed by atoms with Crippen LogP contribution in [-0.4, -0.2) is 4.92 Å². The molecule has 1 N–H and O–H groups in total. The first-order chi connectivity index (χ1) is 9.44. The summed E-state index contributed by atoms with van der Waals surface area (Å²) in [6, 6.07) is 6.13. The van der Waals surface area contributed by atoms with Gasteiger partial charge in [0, 0.05) is 12.1 Å². The fraction of sp³-hybridized carbons (Fsp3) is 0. The van der Waals surface area contributed by atoms with Gasteiger partial charge in [0.2, 0.25) is 0 Å². The van der Waals surface area contributed by atoms with Gasteiger partial charge in [0.1, 0.15) is 35.4 Å². The zero-order valence-corrected chi connectivity index (χ0v) is 11.1. The quantitative estimate of drug-likeness (QED) is 0.514. The number of rotatable bonds is 3. The molecule has 1 aromatic carbocycles. The minimum Gasteiger partial charge on any atom is -0.339 e. The molecular weight excluding hydrogens is 333 g/mol. The smallest absolute Gasteiger partial charge is 0.294 e. The number of nitriles is 3. The Bertz CT molecular complexity index is 723. The lowest BCUT2D eigenvalue weighted by molar-refractivity contribution is -0.384. The molecule has 0 fully saturated rings. The fourth-order valence-electron chi connectivity index (χ4n) is 1.21. The molecule has 0 aromatic heterocycles. The average Bonchev–Trinajstić information content (AvgIpc) is 2.42. The summed E-state index contributed by atoms with van der Waals surface area (Å²) in [6.45, 7) is 0. The molecule has 0 aliphatic carbocycles. The molecule has 7 nitrogen and oxygen atoms in total. The van der Waals surface area contributed by atoms with Crippen LogP contribution < -0.4 is 5.32 Å². The highest BCUT2D eigenvalue weighted by Gasteiger charge is 2.19. The number of halogens is 2. The highest BCUT2D eigenvalue weighted by molar-refractivity contribution is 9.10. The molecule has 0 unspecified atom stereocenters. The second kappa shape index (κ2) is 6.28. The van der Waals surface area contributed by atoms with E-state index in [4.69, 9.17) is 15.8 Å². The van der Waals surface area contributed by atoms with E-state index in [0.717, 1.165) is 12.1 Å². The van der Waals surface area contributed by atoms with E-state index in [0.29, 0.717) is 0 Å². The van der Waals surface area contributed by atoms with Crippen molar-refractivity contribution in [1.29, 1.82) is 15.8 Å². The molecule has 0 saturated heterocycles. The Morgan fingerprint density at radius 3 is 2.35 bits per heavy atom. The SMILES string of the molecule is N#CC(C#N)=C(C#N)Nc1cc(F)c(Br)cc1[N+](=O)[O-]. The van der Waals surface area contributed by atoms with E-state index >= 15 is 0 Å². The maximum atomic E-state index is 13.4. The van der Waals surface area contributed by atoms with E-state index < -0.39 is 27.7 Å². The Kier molecular flexibility index (Phi) is 4.74. The second-order valence-electron chi connectivity index (χ2n) is 3.25. The molecule has 9 heteroatoms. The van der Waals surface area contributed by atoms with Crippen molar-refractivity contribution in [3.8, 4) is 18.2 Å². The molecule has 20 heavy (non-hydrogen) atoms. The van der Waals surface area contributed by atoms with Gasteiger partial charge in [-0.1, -0.05) is 0 Å². The number of hydrogen-bond acceptors (Lipinski definition) is 6. The molecular formula is C11H3BrFN5O2. The Hall–Kier alpha value is -2.96. The number of nitro benzene ring substituents is 1. The number of nitrogens with one attached hydrogen (secondary N) is 1. The Morgan fingerprint density at radius 1 is 1.30 bits per heavy atom. The van der Waals surface area contributed by atoms with Crippen LogP contribution in [0.15, 0.2) is 27.9 Å². The predicted molar refractivity (Wildman–Crippen MR) is 68.2 cm³/mol. The normalized spacial score (nSPS) is 8.75. The van der Waals surface area contributed by atoms with Crippen LogP contribution in [0.2, 0.25) is 0 Å². The van der Waals surface area contributed by atoms with Crippen molar-refractivity contribution in [2.45, 2.75) is 0 Å². The van der Waals surface area contributed by atoms with Crippen molar-refractivity contribution < 1.29 is 9.31 Å². The van der Waals surface area contributed by atoms with E-state index in [1.807, 2.05) is 0 Å². The van der Waals surface area contributed by atoms with Crippen molar-refractivity contribution in [2.24, 2.45) is 0 Å². The summed E-state index contributed by atoms with van der Waals surface area (Å²) in [5.74, 6) is -0.800. The van der Waals surface area contributed by atoms with Gasteiger partial charge < -0.3 is 5.32 Å². The number of nitrogens with zero attached hydrogens (tertiary/aromatic N) is 4. The second-order valence-corrected chi connectivity index (χ2v) is 4.11.